The Morgan fingerprint density at radius 1 is 1.00 bits per heavy atom. The lowest BCUT2D eigenvalue weighted by atomic mass is 9.84. The first-order valence-electron chi connectivity index (χ1n) is 5.27. The van der Waals surface area contributed by atoms with Crippen LogP contribution in [0.3, 0.4) is 0 Å². The second-order valence-corrected chi connectivity index (χ2v) is 5.04. The molecule has 1 nitrogen and oxygen atoms in total. The van der Waals surface area contributed by atoms with Gasteiger partial charge in [0.05, 0.1) is 0 Å². The van der Waals surface area contributed by atoms with Crippen molar-refractivity contribution in [2.75, 3.05) is 5.73 Å². The van der Waals surface area contributed by atoms with E-state index in [1.807, 2.05) is 12.1 Å². The molecule has 2 aromatic rings. The van der Waals surface area contributed by atoms with Crippen molar-refractivity contribution in [1.29, 1.82) is 0 Å². The minimum atomic E-state index is 0.176. The molecule has 0 aliphatic heterocycles. The number of fused-ring (bicyclic) bond motifs is 1. The molecule has 0 bridgehead atoms. The predicted octanol–water partition coefficient (Wildman–Crippen LogP) is 3.72. The summed E-state index contributed by atoms with van der Waals surface area (Å²) < 4.78 is 0. The molecule has 0 radical (unpaired) electrons. The van der Waals surface area contributed by atoms with Crippen molar-refractivity contribution in [1.82, 2.24) is 0 Å². The number of benzene rings is 2. The minimum absolute atomic E-state index is 0.176. The van der Waals surface area contributed by atoms with E-state index in [1.165, 1.54) is 16.3 Å². The van der Waals surface area contributed by atoms with E-state index in [9.17, 15) is 0 Å². The molecule has 2 N–H and O–H groups in total. The van der Waals surface area contributed by atoms with E-state index in [0.29, 0.717) is 0 Å². The Morgan fingerprint density at radius 3 is 2.40 bits per heavy atom. The molecule has 0 spiro atoms. The van der Waals surface area contributed by atoms with Gasteiger partial charge < -0.3 is 5.73 Å². The van der Waals surface area contributed by atoms with Gasteiger partial charge in [-0.15, -0.1) is 0 Å². The smallest absolute Gasteiger partial charge is 0.0320 e. The van der Waals surface area contributed by atoms with Gasteiger partial charge in [-0.3, -0.25) is 0 Å². The van der Waals surface area contributed by atoms with Crippen molar-refractivity contribution in [2.24, 2.45) is 0 Å². The lowest BCUT2D eigenvalue weighted by Gasteiger charge is -2.21. The normalized spacial score (nSPS) is 11.9. The maximum atomic E-state index is 5.78. The Morgan fingerprint density at radius 2 is 1.73 bits per heavy atom. The van der Waals surface area contributed by atoms with E-state index in [2.05, 4.69) is 45.0 Å². The van der Waals surface area contributed by atoms with Gasteiger partial charge in [0.1, 0.15) is 0 Å². The average Bonchev–Trinajstić information content (AvgIpc) is 2.15. The van der Waals surface area contributed by atoms with Gasteiger partial charge in [-0.05, 0) is 33.9 Å². The van der Waals surface area contributed by atoms with Crippen LogP contribution in [0.2, 0.25) is 0 Å². The number of nitrogen functional groups attached to an aromatic ring is 1. The van der Waals surface area contributed by atoms with Crippen LogP contribution in [-0.2, 0) is 5.41 Å². The summed E-state index contributed by atoms with van der Waals surface area (Å²) in [4.78, 5) is 0. The molecule has 0 saturated carbocycles. The van der Waals surface area contributed by atoms with Crippen molar-refractivity contribution in [2.45, 2.75) is 26.2 Å². The third-order valence-corrected chi connectivity index (χ3v) is 2.71. The third kappa shape index (κ3) is 1.82. The third-order valence-electron chi connectivity index (χ3n) is 2.71. The summed E-state index contributed by atoms with van der Waals surface area (Å²) in [6.07, 6.45) is 0. The molecule has 0 aromatic heterocycles. The van der Waals surface area contributed by atoms with Crippen molar-refractivity contribution in [3.63, 3.8) is 0 Å². The standard InChI is InChI=1S/C14H17N/c1-14(2,3)13-6-4-5-10-9-11(15)7-8-12(10)13/h4-9H,15H2,1-3H3. The highest BCUT2D eigenvalue weighted by Crippen LogP contribution is 2.30. The fraction of sp³-hybridized carbons (Fsp3) is 0.286. The van der Waals surface area contributed by atoms with Gasteiger partial charge >= 0.3 is 0 Å². The predicted molar refractivity (Wildman–Crippen MR) is 67.1 cm³/mol. The topological polar surface area (TPSA) is 26.0 Å². The Hall–Kier alpha value is -1.50. The first kappa shape index (κ1) is 10.0. The summed E-state index contributed by atoms with van der Waals surface area (Å²) in [5, 5.41) is 2.53. The van der Waals surface area contributed by atoms with Crippen LogP contribution in [0.1, 0.15) is 26.3 Å². The molecule has 78 valence electrons. The molecule has 0 aliphatic rings. The summed E-state index contributed by atoms with van der Waals surface area (Å²) in [6.45, 7) is 6.70. The van der Waals surface area contributed by atoms with E-state index in [1.54, 1.807) is 0 Å². The van der Waals surface area contributed by atoms with Crippen molar-refractivity contribution in [3.8, 4) is 0 Å². The summed E-state index contributed by atoms with van der Waals surface area (Å²) in [6, 6.07) is 12.5. The Balaban J connectivity index is 2.77. The first-order valence-corrected chi connectivity index (χ1v) is 5.27. The number of hydrogen-bond donors (Lipinski definition) is 1. The van der Waals surface area contributed by atoms with E-state index < -0.39 is 0 Å². The number of anilines is 1. The maximum Gasteiger partial charge on any atom is 0.0320 e. The molecule has 0 heterocycles. The zero-order valence-corrected chi connectivity index (χ0v) is 9.54. The van der Waals surface area contributed by atoms with Crippen molar-refractivity contribution < 1.29 is 0 Å². The highest BCUT2D eigenvalue weighted by molar-refractivity contribution is 5.89. The molecule has 2 rings (SSSR count). The molecular weight excluding hydrogens is 182 g/mol. The Bertz CT molecular complexity index is 492. The van der Waals surface area contributed by atoms with Gasteiger partial charge in [-0.2, -0.15) is 0 Å². The second kappa shape index (κ2) is 3.27. The minimum Gasteiger partial charge on any atom is -0.399 e. The lowest BCUT2D eigenvalue weighted by Crippen LogP contribution is -2.11. The lowest BCUT2D eigenvalue weighted by molar-refractivity contribution is 0.596. The molecule has 0 unspecified atom stereocenters. The summed E-state index contributed by atoms with van der Waals surface area (Å²) >= 11 is 0. The van der Waals surface area contributed by atoms with Gasteiger partial charge in [0, 0.05) is 5.69 Å². The van der Waals surface area contributed by atoms with Crippen LogP contribution in [0.15, 0.2) is 36.4 Å². The van der Waals surface area contributed by atoms with E-state index in [4.69, 9.17) is 5.73 Å². The number of hydrogen-bond acceptors (Lipinski definition) is 1. The highest BCUT2D eigenvalue weighted by atomic mass is 14.5. The molecule has 15 heavy (non-hydrogen) atoms. The zero-order chi connectivity index (χ0) is 11.1. The number of rotatable bonds is 0. The molecule has 1 heteroatoms. The Labute approximate surface area is 90.9 Å². The van der Waals surface area contributed by atoms with E-state index >= 15 is 0 Å². The quantitative estimate of drug-likeness (QED) is 0.643. The van der Waals surface area contributed by atoms with Crippen LogP contribution in [-0.4, -0.2) is 0 Å². The average molecular weight is 199 g/mol. The van der Waals surface area contributed by atoms with Crippen LogP contribution in [0, 0.1) is 0 Å². The van der Waals surface area contributed by atoms with Crippen molar-refractivity contribution >= 4 is 16.5 Å². The summed E-state index contributed by atoms with van der Waals surface area (Å²) in [5.74, 6) is 0. The van der Waals surface area contributed by atoms with Gasteiger partial charge in [0.15, 0.2) is 0 Å². The molecule has 2 aromatic carbocycles. The van der Waals surface area contributed by atoms with E-state index in [-0.39, 0.29) is 5.41 Å². The molecule has 0 atom stereocenters. The summed E-state index contributed by atoms with van der Waals surface area (Å²) in [7, 11) is 0. The molecule has 0 amide bonds. The van der Waals surface area contributed by atoms with Crippen LogP contribution < -0.4 is 5.73 Å². The van der Waals surface area contributed by atoms with Gasteiger partial charge in [-0.25, -0.2) is 0 Å². The molecule has 0 aliphatic carbocycles. The molecule has 0 saturated heterocycles. The van der Waals surface area contributed by atoms with Crippen LogP contribution >= 0.6 is 0 Å². The fourth-order valence-corrected chi connectivity index (χ4v) is 1.96. The SMILES string of the molecule is CC(C)(C)c1cccc2cc(N)ccc12. The first-order chi connectivity index (χ1) is 6.98. The number of nitrogens with two attached hydrogens (primary N) is 1. The molecular formula is C14H17N. The monoisotopic (exact) mass is 199 g/mol. The van der Waals surface area contributed by atoms with Gasteiger partial charge in [0.25, 0.3) is 0 Å². The van der Waals surface area contributed by atoms with Crippen LogP contribution in [0.25, 0.3) is 10.8 Å². The largest absolute Gasteiger partial charge is 0.399 e. The maximum absolute atomic E-state index is 5.78. The van der Waals surface area contributed by atoms with Crippen molar-refractivity contribution in [3.05, 3.63) is 42.0 Å². The van der Waals surface area contributed by atoms with Gasteiger partial charge in [-0.1, -0.05) is 45.0 Å². The fourth-order valence-electron chi connectivity index (χ4n) is 1.96. The summed E-state index contributed by atoms with van der Waals surface area (Å²) in [5.41, 5.74) is 8.16. The van der Waals surface area contributed by atoms with Crippen LogP contribution in [0.5, 0.6) is 0 Å². The second-order valence-electron chi connectivity index (χ2n) is 5.04. The Kier molecular flexibility index (Phi) is 2.18. The highest BCUT2D eigenvalue weighted by Gasteiger charge is 2.15. The van der Waals surface area contributed by atoms with Crippen LogP contribution in [0.4, 0.5) is 5.69 Å². The van der Waals surface area contributed by atoms with Gasteiger partial charge in [0.2, 0.25) is 0 Å². The molecule has 0 fully saturated rings. The zero-order valence-electron chi connectivity index (χ0n) is 9.54. The van der Waals surface area contributed by atoms with E-state index in [0.717, 1.165) is 5.69 Å².